The van der Waals surface area contributed by atoms with Crippen molar-refractivity contribution >= 4 is 17.1 Å². The first-order valence-corrected chi connectivity index (χ1v) is 11.8. The number of ether oxygens (including phenoxy) is 2. The number of hydrogen-bond acceptors (Lipinski definition) is 6. The molecule has 2 aromatic carbocycles. The SMILES string of the molecule is Cc1nc(C(N)=O)c2ncn(C3CC(COCc4ccccc4)C3COCc3ccccc3)c2n1. The second-order valence-electron chi connectivity index (χ2n) is 9.04. The Morgan fingerprint density at radius 3 is 2.23 bits per heavy atom. The second-order valence-corrected chi connectivity index (χ2v) is 9.04. The Hall–Kier alpha value is -3.62. The van der Waals surface area contributed by atoms with Gasteiger partial charge < -0.3 is 19.8 Å². The third-order valence-electron chi connectivity index (χ3n) is 6.63. The number of imidazole rings is 1. The molecule has 1 amide bonds. The van der Waals surface area contributed by atoms with Crippen LogP contribution in [-0.2, 0) is 22.7 Å². The van der Waals surface area contributed by atoms with Crippen molar-refractivity contribution in [3.8, 4) is 0 Å². The lowest BCUT2D eigenvalue weighted by molar-refractivity contribution is -0.0562. The topological polar surface area (TPSA) is 105 Å². The van der Waals surface area contributed by atoms with Crippen molar-refractivity contribution in [1.82, 2.24) is 19.5 Å². The van der Waals surface area contributed by atoms with E-state index in [2.05, 4.69) is 39.2 Å². The average molecular weight is 472 g/mol. The Balaban J connectivity index is 1.32. The van der Waals surface area contributed by atoms with Gasteiger partial charge in [-0.2, -0.15) is 0 Å². The zero-order valence-corrected chi connectivity index (χ0v) is 19.7. The summed E-state index contributed by atoms with van der Waals surface area (Å²) >= 11 is 0. The van der Waals surface area contributed by atoms with Crippen LogP contribution in [0.15, 0.2) is 67.0 Å². The molecule has 5 rings (SSSR count). The summed E-state index contributed by atoms with van der Waals surface area (Å²) in [5.74, 6) is 0.455. The highest BCUT2D eigenvalue weighted by Crippen LogP contribution is 2.45. The Morgan fingerprint density at radius 1 is 0.971 bits per heavy atom. The highest BCUT2D eigenvalue weighted by Gasteiger charge is 2.43. The lowest BCUT2D eigenvalue weighted by Crippen LogP contribution is -2.43. The van der Waals surface area contributed by atoms with Gasteiger partial charge in [0.25, 0.3) is 5.91 Å². The fourth-order valence-electron chi connectivity index (χ4n) is 4.77. The van der Waals surface area contributed by atoms with Crippen LogP contribution >= 0.6 is 0 Å². The van der Waals surface area contributed by atoms with E-state index in [1.807, 2.05) is 41.0 Å². The van der Waals surface area contributed by atoms with Gasteiger partial charge in [0.1, 0.15) is 11.3 Å². The average Bonchev–Trinajstić information content (AvgIpc) is 3.27. The number of nitrogens with zero attached hydrogens (tertiary/aromatic N) is 4. The molecule has 4 aromatic rings. The smallest absolute Gasteiger partial charge is 0.269 e. The normalized spacial score (nSPS) is 19.5. The van der Waals surface area contributed by atoms with Gasteiger partial charge in [0.05, 0.1) is 32.8 Å². The predicted octanol–water partition coefficient (Wildman–Crippen LogP) is 3.84. The van der Waals surface area contributed by atoms with E-state index in [0.29, 0.717) is 49.3 Å². The highest BCUT2D eigenvalue weighted by molar-refractivity contribution is 6.01. The molecule has 1 aliphatic carbocycles. The van der Waals surface area contributed by atoms with Gasteiger partial charge in [-0.1, -0.05) is 60.7 Å². The molecule has 3 atom stereocenters. The van der Waals surface area contributed by atoms with Gasteiger partial charge in [-0.3, -0.25) is 4.79 Å². The van der Waals surface area contributed by atoms with Gasteiger partial charge in [-0.15, -0.1) is 0 Å². The molecule has 8 heteroatoms. The van der Waals surface area contributed by atoms with Gasteiger partial charge in [0.15, 0.2) is 11.3 Å². The summed E-state index contributed by atoms with van der Waals surface area (Å²) in [7, 11) is 0. The van der Waals surface area contributed by atoms with Crippen molar-refractivity contribution in [3.05, 3.63) is 89.6 Å². The summed E-state index contributed by atoms with van der Waals surface area (Å²) in [6.07, 6.45) is 2.65. The maximum atomic E-state index is 11.9. The fraction of sp³-hybridized carbons (Fsp3) is 0.333. The Morgan fingerprint density at radius 2 is 1.60 bits per heavy atom. The fourth-order valence-corrected chi connectivity index (χ4v) is 4.77. The predicted molar refractivity (Wildman–Crippen MR) is 131 cm³/mol. The van der Waals surface area contributed by atoms with Crippen molar-refractivity contribution < 1.29 is 14.3 Å². The third-order valence-corrected chi connectivity index (χ3v) is 6.63. The standard InChI is InChI=1S/C27H29N5O3/c1-18-30-24(26(28)33)25-27(31-18)32(17-29-25)23-12-21(15-34-13-19-8-4-2-5-9-19)22(23)16-35-14-20-10-6-3-7-11-20/h2-11,17,21-23H,12-16H2,1H3,(H2,28,33). The minimum absolute atomic E-state index is 0.135. The first-order chi connectivity index (χ1) is 17.1. The van der Waals surface area contributed by atoms with Crippen LogP contribution < -0.4 is 5.73 Å². The molecule has 1 saturated carbocycles. The first-order valence-electron chi connectivity index (χ1n) is 11.8. The molecular weight excluding hydrogens is 442 g/mol. The summed E-state index contributed by atoms with van der Waals surface area (Å²) in [4.78, 5) is 25.1. The van der Waals surface area contributed by atoms with E-state index in [1.54, 1.807) is 13.3 Å². The molecule has 0 aliphatic heterocycles. The summed E-state index contributed by atoms with van der Waals surface area (Å²) in [6.45, 7) is 4.13. The molecule has 0 radical (unpaired) electrons. The molecule has 3 unspecified atom stereocenters. The van der Waals surface area contributed by atoms with E-state index in [0.717, 1.165) is 17.5 Å². The van der Waals surface area contributed by atoms with Gasteiger partial charge in [0.2, 0.25) is 0 Å². The summed E-state index contributed by atoms with van der Waals surface area (Å²) in [6, 6.07) is 20.5. The van der Waals surface area contributed by atoms with E-state index in [-0.39, 0.29) is 17.7 Å². The number of amides is 1. The Labute approximate surface area is 204 Å². The quantitative estimate of drug-likeness (QED) is 0.377. The maximum absolute atomic E-state index is 11.9. The van der Waals surface area contributed by atoms with Crippen LogP contribution in [-0.4, -0.2) is 38.6 Å². The van der Waals surface area contributed by atoms with Gasteiger partial charge >= 0.3 is 0 Å². The van der Waals surface area contributed by atoms with Gasteiger partial charge in [-0.05, 0) is 30.4 Å². The van der Waals surface area contributed by atoms with Crippen LogP contribution in [0.5, 0.6) is 0 Å². The largest absolute Gasteiger partial charge is 0.376 e. The van der Waals surface area contributed by atoms with Crippen LogP contribution in [0.1, 0.15) is 39.9 Å². The molecule has 2 N–H and O–H groups in total. The van der Waals surface area contributed by atoms with Crippen molar-refractivity contribution in [2.45, 2.75) is 32.6 Å². The van der Waals surface area contributed by atoms with Crippen molar-refractivity contribution in [3.63, 3.8) is 0 Å². The zero-order chi connectivity index (χ0) is 24.2. The first kappa shape index (κ1) is 23.1. The molecule has 35 heavy (non-hydrogen) atoms. The van der Waals surface area contributed by atoms with E-state index >= 15 is 0 Å². The number of hydrogen-bond donors (Lipinski definition) is 1. The van der Waals surface area contributed by atoms with Crippen molar-refractivity contribution in [1.29, 1.82) is 0 Å². The Kier molecular flexibility index (Phi) is 6.83. The maximum Gasteiger partial charge on any atom is 0.269 e. The number of nitrogens with two attached hydrogens (primary N) is 1. The van der Waals surface area contributed by atoms with Crippen LogP contribution in [0.4, 0.5) is 0 Å². The second kappa shape index (κ2) is 10.3. The number of carbonyl (C=O) groups is 1. The number of carbonyl (C=O) groups excluding carboxylic acids is 1. The monoisotopic (exact) mass is 471 g/mol. The highest BCUT2D eigenvalue weighted by atomic mass is 16.5. The number of aromatic nitrogens is 4. The molecule has 1 aliphatic rings. The van der Waals surface area contributed by atoms with Gasteiger partial charge in [-0.25, -0.2) is 15.0 Å². The van der Waals surface area contributed by atoms with Crippen LogP contribution in [0.25, 0.3) is 11.2 Å². The van der Waals surface area contributed by atoms with E-state index in [4.69, 9.17) is 15.2 Å². The summed E-state index contributed by atoms with van der Waals surface area (Å²) in [5.41, 5.74) is 9.07. The number of primary amides is 1. The summed E-state index contributed by atoms with van der Waals surface area (Å²) in [5, 5.41) is 0. The molecule has 180 valence electrons. The van der Waals surface area contributed by atoms with E-state index in [9.17, 15) is 4.79 Å². The van der Waals surface area contributed by atoms with Crippen molar-refractivity contribution in [2.75, 3.05) is 13.2 Å². The molecule has 0 saturated heterocycles. The minimum Gasteiger partial charge on any atom is -0.376 e. The molecule has 0 bridgehead atoms. The van der Waals surface area contributed by atoms with Gasteiger partial charge in [0, 0.05) is 12.0 Å². The lowest BCUT2D eigenvalue weighted by Gasteiger charge is -2.45. The van der Waals surface area contributed by atoms with Crippen LogP contribution in [0, 0.1) is 18.8 Å². The number of fused-ring (bicyclic) bond motifs is 1. The van der Waals surface area contributed by atoms with E-state index in [1.165, 1.54) is 0 Å². The minimum atomic E-state index is -0.603. The molecule has 2 heterocycles. The lowest BCUT2D eigenvalue weighted by atomic mass is 9.69. The molecule has 8 nitrogen and oxygen atoms in total. The number of rotatable bonds is 10. The number of aryl methyl sites for hydroxylation is 1. The van der Waals surface area contributed by atoms with Crippen LogP contribution in [0.2, 0.25) is 0 Å². The molecule has 0 spiro atoms. The number of benzene rings is 2. The third kappa shape index (κ3) is 5.08. The van der Waals surface area contributed by atoms with Crippen molar-refractivity contribution in [2.24, 2.45) is 17.6 Å². The molecular formula is C27H29N5O3. The molecule has 2 aromatic heterocycles. The van der Waals surface area contributed by atoms with Crippen LogP contribution in [0.3, 0.4) is 0 Å². The zero-order valence-electron chi connectivity index (χ0n) is 19.7. The molecule has 1 fully saturated rings. The Bertz CT molecular complexity index is 1290. The summed E-state index contributed by atoms with van der Waals surface area (Å²) < 4.78 is 14.3. The van der Waals surface area contributed by atoms with E-state index < -0.39 is 5.91 Å².